The SMILES string of the molecule is CC(N)CCCCOC1CCOC1. The lowest BCUT2D eigenvalue weighted by atomic mass is 10.1. The van der Waals surface area contributed by atoms with Crippen molar-refractivity contribution in [2.45, 2.75) is 44.8 Å². The maximum atomic E-state index is 5.64. The van der Waals surface area contributed by atoms with Gasteiger partial charge in [-0.1, -0.05) is 0 Å². The number of ether oxygens (including phenoxy) is 2. The summed E-state index contributed by atoms with van der Waals surface area (Å²) in [5.41, 5.74) is 5.64. The van der Waals surface area contributed by atoms with Crippen molar-refractivity contribution < 1.29 is 9.47 Å². The van der Waals surface area contributed by atoms with Crippen molar-refractivity contribution in [1.29, 1.82) is 0 Å². The fourth-order valence-electron chi connectivity index (χ4n) is 1.46. The fraction of sp³-hybridized carbons (Fsp3) is 1.00. The van der Waals surface area contributed by atoms with Crippen LogP contribution in [0.2, 0.25) is 0 Å². The van der Waals surface area contributed by atoms with Crippen molar-refractivity contribution in [3.8, 4) is 0 Å². The number of rotatable bonds is 6. The Hall–Kier alpha value is -0.120. The highest BCUT2D eigenvalue weighted by molar-refractivity contribution is 4.62. The summed E-state index contributed by atoms with van der Waals surface area (Å²) in [5, 5.41) is 0. The van der Waals surface area contributed by atoms with Crippen LogP contribution in [-0.4, -0.2) is 32.0 Å². The molecular formula is C10H21NO2. The molecule has 0 aromatic heterocycles. The maximum absolute atomic E-state index is 5.64. The van der Waals surface area contributed by atoms with Gasteiger partial charge in [-0.25, -0.2) is 0 Å². The van der Waals surface area contributed by atoms with Gasteiger partial charge in [0.05, 0.1) is 12.7 Å². The molecule has 2 atom stereocenters. The summed E-state index contributed by atoms with van der Waals surface area (Å²) in [7, 11) is 0. The zero-order chi connectivity index (χ0) is 9.52. The van der Waals surface area contributed by atoms with Crippen LogP contribution in [-0.2, 0) is 9.47 Å². The van der Waals surface area contributed by atoms with E-state index < -0.39 is 0 Å². The predicted octanol–water partition coefficient (Wildman–Crippen LogP) is 1.31. The van der Waals surface area contributed by atoms with E-state index in [4.69, 9.17) is 15.2 Å². The maximum Gasteiger partial charge on any atom is 0.0830 e. The van der Waals surface area contributed by atoms with Crippen LogP contribution in [0, 0.1) is 0 Å². The predicted molar refractivity (Wildman–Crippen MR) is 52.7 cm³/mol. The van der Waals surface area contributed by atoms with Crippen LogP contribution in [0.15, 0.2) is 0 Å². The molecule has 0 aliphatic carbocycles. The van der Waals surface area contributed by atoms with Gasteiger partial charge in [0.15, 0.2) is 0 Å². The Balaban J connectivity index is 1.83. The lowest BCUT2D eigenvalue weighted by Gasteiger charge is -2.09. The summed E-state index contributed by atoms with van der Waals surface area (Å²) < 4.78 is 10.8. The van der Waals surface area contributed by atoms with Crippen LogP contribution in [0.3, 0.4) is 0 Å². The van der Waals surface area contributed by atoms with E-state index in [0.29, 0.717) is 12.1 Å². The largest absolute Gasteiger partial charge is 0.379 e. The van der Waals surface area contributed by atoms with Crippen molar-refractivity contribution >= 4 is 0 Å². The fourth-order valence-corrected chi connectivity index (χ4v) is 1.46. The van der Waals surface area contributed by atoms with Gasteiger partial charge in [0.1, 0.15) is 0 Å². The van der Waals surface area contributed by atoms with E-state index >= 15 is 0 Å². The Morgan fingerprint density at radius 2 is 2.38 bits per heavy atom. The molecule has 1 saturated heterocycles. The van der Waals surface area contributed by atoms with Crippen molar-refractivity contribution in [1.82, 2.24) is 0 Å². The average Bonchev–Trinajstić information content (AvgIpc) is 2.55. The van der Waals surface area contributed by atoms with E-state index in [1.54, 1.807) is 0 Å². The minimum absolute atomic E-state index is 0.329. The van der Waals surface area contributed by atoms with Gasteiger partial charge in [0.2, 0.25) is 0 Å². The summed E-state index contributed by atoms with van der Waals surface area (Å²) in [6.07, 6.45) is 4.82. The zero-order valence-electron chi connectivity index (χ0n) is 8.50. The smallest absolute Gasteiger partial charge is 0.0830 e. The van der Waals surface area contributed by atoms with Crippen LogP contribution in [0.25, 0.3) is 0 Å². The summed E-state index contributed by atoms with van der Waals surface area (Å²) in [6.45, 7) is 4.56. The monoisotopic (exact) mass is 187 g/mol. The molecule has 1 aliphatic heterocycles. The van der Waals surface area contributed by atoms with Gasteiger partial charge in [-0.15, -0.1) is 0 Å². The molecule has 0 saturated carbocycles. The number of hydrogen-bond donors (Lipinski definition) is 1. The second kappa shape index (κ2) is 6.35. The van der Waals surface area contributed by atoms with E-state index in [9.17, 15) is 0 Å². The summed E-state index contributed by atoms with van der Waals surface area (Å²) in [6, 6.07) is 0.329. The van der Waals surface area contributed by atoms with E-state index in [0.717, 1.165) is 39.1 Å². The Bertz CT molecular complexity index is 122. The Kier molecular flexibility index (Phi) is 5.35. The molecule has 78 valence electrons. The third kappa shape index (κ3) is 5.24. The van der Waals surface area contributed by atoms with Gasteiger partial charge in [-0.2, -0.15) is 0 Å². The van der Waals surface area contributed by atoms with Crippen LogP contribution in [0.4, 0.5) is 0 Å². The van der Waals surface area contributed by atoms with Crippen LogP contribution in [0.5, 0.6) is 0 Å². The topological polar surface area (TPSA) is 44.5 Å². The molecule has 1 fully saturated rings. The molecule has 1 rings (SSSR count). The van der Waals surface area contributed by atoms with Crippen molar-refractivity contribution in [3.05, 3.63) is 0 Å². The first kappa shape index (κ1) is 11.0. The summed E-state index contributed by atoms with van der Waals surface area (Å²) in [5.74, 6) is 0. The van der Waals surface area contributed by atoms with E-state index in [1.165, 1.54) is 6.42 Å². The molecule has 13 heavy (non-hydrogen) atoms. The zero-order valence-corrected chi connectivity index (χ0v) is 8.50. The minimum Gasteiger partial charge on any atom is -0.379 e. The highest BCUT2D eigenvalue weighted by atomic mass is 16.5. The van der Waals surface area contributed by atoms with Crippen molar-refractivity contribution in [2.24, 2.45) is 5.73 Å². The van der Waals surface area contributed by atoms with Crippen molar-refractivity contribution in [2.75, 3.05) is 19.8 Å². The lowest BCUT2D eigenvalue weighted by Crippen LogP contribution is -2.16. The Morgan fingerprint density at radius 1 is 1.54 bits per heavy atom. The molecule has 1 heterocycles. The molecule has 2 unspecified atom stereocenters. The molecule has 3 heteroatoms. The first-order valence-corrected chi connectivity index (χ1v) is 5.24. The lowest BCUT2D eigenvalue weighted by molar-refractivity contribution is 0.0405. The standard InChI is InChI=1S/C10H21NO2/c1-9(11)4-2-3-6-13-10-5-7-12-8-10/h9-10H,2-8,11H2,1H3. The van der Waals surface area contributed by atoms with Gasteiger partial charge >= 0.3 is 0 Å². The summed E-state index contributed by atoms with van der Waals surface area (Å²) in [4.78, 5) is 0. The quantitative estimate of drug-likeness (QED) is 0.638. The molecular weight excluding hydrogens is 166 g/mol. The molecule has 0 bridgehead atoms. The van der Waals surface area contributed by atoms with Crippen LogP contribution < -0.4 is 5.73 Å². The first-order valence-electron chi connectivity index (χ1n) is 5.24. The summed E-state index contributed by atoms with van der Waals surface area (Å²) >= 11 is 0. The second-order valence-corrected chi connectivity index (χ2v) is 3.83. The van der Waals surface area contributed by atoms with Crippen LogP contribution in [0.1, 0.15) is 32.6 Å². The molecule has 0 aromatic rings. The molecule has 1 aliphatic rings. The minimum atomic E-state index is 0.329. The van der Waals surface area contributed by atoms with Gasteiger partial charge < -0.3 is 15.2 Å². The van der Waals surface area contributed by atoms with E-state index in [1.807, 2.05) is 6.92 Å². The van der Waals surface area contributed by atoms with E-state index in [2.05, 4.69) is 0 Å². The highest BCUT2D eigenvalue weighted by Crippen LogP contribution is 2.09. The van der Waals surface area contributed by atoms with Crippen LogP contribution >= 0.6 is 0 Å². The molecule has 2 N–H and O–H groups in total. The van der Waals surface area contributed by atoms with Gasteiger partial charge in [-0.05, 0) is 32.6 Å². The molecule has 0 spiro atoms. The van der Waals surface area contributed by atoms with Crippen molar-refractivity contribution in [3.63, 3.8) is 0 Å². The molecule has 0 amide bonds. The van der Waals surface area contributed by atoms with Gasteiger partial charge in [0, 0.05) is 19.3 Å². The number of nitrogens with two attached hydrogens (primary N) is 1. The third-order valence-corrected chi connectivity index (χ3v) is 2.30. The molecule has 3 nitrogen and oxygen atoms in total. The normalized spacial score (nSPS) is 24.9. The third-order valence-electron chi connectivity index (χ3n) is 2.30. The second-order valence-electron chi connectivity index (χ2n) is 3.83. The molecule has 0 radical (unpaired) electrons. The number of unbranched alkanes of at least 4 members (excludes halogenated alkanes) is 1. The average molecular weight is 187 g/mol. The first-order chi connectivity index (χ1) is 6.29. The Labute approximate surface area is 80.6 Å². The highest BCUT2D eigenvalue weighted by Gasteiger charge is 2.15. The Morgan fingerprint density at radius 3 is 3.00 bits per heavy atom. The van der Waals surface area contributed by atoms with Gasteiger partial charge in [-0.3, -0.25) is 0 Å². The molecule has 0 aromatic carbocycles. The number of hydrogen-bond acceptors (Lipinski definition) is 3. The van der Waals surface area contributed by atoms with E-state index in [-0.39, 0.29) is 0 Å². The van der Waals surface area contributed by atoms with Gasteiger partial charge in [0.25, 0.3) is 0 Å².